The van der Waals surface area contributed by atoms with Crippen molar-refractivity contribution in [2.75, 3.05) is 6.54 Å². The van der Waals surface area contributed by atoms with Crippen molar-refractivity contribution >= 4 is 43.4 Å². The zero-order valence-corrected chi connectivity index (χ0v) is 18.9. The fourth-order valence-corrected chi connectivity index (χ4v) is 4.37. The molecule has 0 aliphatic heterocycles. The van der Waals surface area contributed by atoms with Crippen molar-refractivity contribution in [2.24, 2.45) is 0 Å². The number of aromatic amines is 1. The molecule has 148 valence electrons. The molecule has 1 amide bonds. The summed E-state index contributed by atoms with van der Waals surface area (Å²) in [5.74, 6) is 0.507. The molecule has 3 rings (SSSR count). The Morgan fingerprint density at radius 3 is 2.61 bits per heavy atom. The number of fused-ring (bicyclic) bond motifs is 1. The summed E-state index contributed by atoms with van der Waals surface area (Å²) in [5.41, 5.74) is 1.84. The summed E-state index contributed by atoms with van der Waals surface area (Å²) in [6, 6.07) is 8.13. The first-order valence-corrected chi connectivity index (χ1v) is 10.8. The zero-order valence-electron chi connectivity index (χ0n) is 16.5. The summed E-state index contributed by atoms with van der Waals surface area (Å²) in [7, 11) is 0. The number of halogens is 1. The molecule has 0 aliphatic rings. The van der Waals surface area contributed by atoms with Crippen molar-refractivity contribution in [1.29, 1.82) is 0 Å². The van der Waals surface area contributed by atoms with Gasteiger partial charge in [0, 0.05) is 34.2 Å². The van der Waals surface area contributed by atoms with Crippen LogP contribution in [0.5, 0.6) is 0 Å². The predicted octanol–water partition coefficient (Wildman–Crippen LogP) is 4.39. The number of rotatable bonds is 6. The van der Waals surface area contributed by atoms with E-state index >= 15 is 0 Å². The minimum absolute atomic E-state index is 0.0496. The van der Waals surface area contributed by atoms with E-state index in [2.05, 4.69) is 57.2 Å². The van der Waals surface area contributed by atoms with Gasteiger partial charge in [-0.1, -0.05) is 41.9 Å². The van der Waals surface area contributed by atoms with E-state index in [0.717, 1.165) is 25.3 Å². The van der Waals surface area contributed by atoms with Crippen molar-refractivity contribution < 1.29 is 4.79 Å². The maximum atomic E-state index is 12.3. The van der Waals surface area contributed by atoms with Gasteiger partial charge in [-0.3, -0.25) is 9.59 Å². The normalized spacial score (nSPS) is 11.8. The standard InChI is InChI=1S/C21H24BrN3O2S/c1-12-13(2)28-20-18(12)19(27)24-16(25-20)9-10-17(26)23-11-21(3,4)14-5-7-15(22)8-6-14/h5-8H,9-11H2,1-4H3,(H,23,26)(H,24,25,27). The van der Waals surface area contributed by atoms with Crippen molar-refractivity contribution in [3.8, 4) is 0 Å². The SMILES string of the molecule is Cc1sc2nc(CCC(=O)NCC(C)(C)c3ccc(Br)cc3)[nH]c(=O)c2c1C. The maximum absolute atomic E-state index is 12.3. The Morgan fingerprint density at radius 1 is 1.25 bits per heavy atom. The van der Waals surface area contributed by atoms with Gasteiger partial charge in [-0.05, 0) is 37.1 Å². The summed E-state index contributed by atoms with van der Waals surface area (Å²) in [6.45, 7) is 8.67. The summed E-state index contributed by atoms with van der Waals surface area (Å²) in [4.78, 5) is 33.8. The second-order valence-electron chi connectivity index (χ2n) is 7.64. The third-order valence-electron chi connectivity index (χ3n) is 5.03. The van der Waals surface area contributed by atoms with E-state index in [4.69, 9.17) is 0 Å². The molecule has 2 heterocycles. The highest BCUT2D eigenvalue weighted by Gasteiger charge is 2.21. The lowest BCUT2D eigenvalue weighted by Gasteiger charge is -2.25. The number of carbonyl (C=O) groups excluding carboxylic acids is 1. The Bertz CT molecular complexity index is 1070. The van der Waals surface area contributed by atoms with Crippen LogP contribution in [0.2, 0.25) is 0 Å². The molecule has 0 aliphatic carbocycles. The minimum Gasteiger partial charge on any atom is -0.355 e. The second-order valence-corrected chi connectivity index (χ2v) is 9.76. The molecule has 0 saturated heterocycles. The number of nitrogens with one attached hydrogen (secondary N) is 2. The van der Waals surface area contributed by atoms with Gasteiger partial charge in [0.1, 0.15) is 10.7 Å². The fraction of sp³-hybridized carbons (Fsp3) is 0.381. The molecule has 28 heavy (non-hydrogen) atoms. The number of aromatic nitrogens is 2. The van der Waals surface area contributed by atoms with E-state index in [1.165, 1.54) is 11.3 Å². The van der Waals surface area contributed by atoms with E-state index in [0.29, 0.717) is 24.2 Å². The first-order valence-electron chi connectivity index (χ1n) is 9.19. The molecule has 0 bridgehead atoms. The van der Waals surface area contributed by atoms with E-state index < -0.39 is 0 Å². The van der Waals surface area contributed by atoms with Crippen LogP contribution in [0.15, 0.2) is 33.5 Å². The Labute approximate surface area is 176 Å². The molecule has 7 heteroatoms. The lowest BCUT2D eigenvalue weighted by molar-refractivity contribution is -0.121. The number of hydrogen-bond donors (Lipinski definition) is 2. The number of thiophene rings is 1. The molecule has 1 aromatic carbocycles. The average molecular weight is 462 g/mol. The van der Waals surface area contributed by atoms with Gasteiger partial charge < -0.3 is 10.3 Å². The monoisotopic (exact) mass is 461 g/mol. The van der Waals surface area contributed by atoms with Crippen LogP contribution in [0, 0.1) is 13.8 Å². The first kappa shape index (κ1) is 20.7. The highest BCUT2D eigenvalue weighted by Crippen LogP contribution is 2.26. The molecular weight excluding hydrogens is 438 g/mol. The van der Waals surface area contributed by atoms with Crippen molar-refractivity contribution in [2.45, 2.75) is 46.0 Å². The van der Waals surface area contributed by atoms with E-state index in [9.17, 15) is 9.59 Å². The zero-order chi connectivity index (χ0) is 20.5. The van der Waals surface area contributed by atoms with E-state index in [1.807, 2.05) is 26.0 Å². The van der Waals surface area contributed by atoms with Crippen molar-refractivity contribution in [3.05, 3.63) is 60.9 Å². The highest BCUT2D eigenvalue weighted by molar-refractivity contribution is 9.10. The lowest BCUT2D eigenvalue weighted by atomic mass is 9.84. The van der Waals surface area contributed by atoms with Gasteiger partial charge in [0.2, 0.25) is 5.91 Å². The Kier molecular flexibility index (Phi) is 6.05. The predicted molar refractivity (Wildman–Crippen MR) is 118 cm³/mol. The van der Waals surface area contributed by atoms with Crippen LogP contribution < -0.4 is 10.9 Å². The molecule has 0 fully saturated rings. The van der Waals surface area contributed by atoms with Crippen LogP contribution in [-0.2, 0) is 16.6 Å². The molecular formula is C21H24BrN3O2S. The molecule has 0 unspecified atom stereocenters. The van der Waals surface area contributed by atoms with Crippen LogP contribution in [0.4, 0.5) is 0 Å². The van der Waals surface area contributed by atoms with Crippen LogP contribution in [0.25, 0.3) is 10.2 Å². The maximum Gasteiger partial charge on any atom is 0.259 e. The molecule has 0 radical (unpaired) electrons. The number of aryl methyl sites for hydroxylation is 3. The number of benzene rings is 1. The Hall–Kier alpha value is -1.99. The number of nitrogens with zero attached hydrogens (tertiary/aromatic N) is 1. The van der Waals surface area contributed by atoms with E-state index in [-0.39, 0.29) is 23.3 Å². The third kappa shape index (κ3) is 4.52. The average Bonchev–Trinajstić information content (AvgIpc) is 2.93. The fourth-order valence-electron chi connectivity index (χ4n) is 3.06. The molecule has 5 nitrogen and oxygen atoms in total. The minimum atomic E-state index is -0.173. The Balaban J connectivity index is 1.60. The molecule has 3 aromatic rings. The largest absolute Gasteiger partial charge is 0.355 e. The number of hydrogen-bond acceptors (Lipinski definition) is 4. The number of H-pyrrole nitrogens is 1. The highest BCUT2D eigenvalue weighted by atomic mass is 79.9. The molecule has 2 N–H and O–H groups in total. The van der Waals surface area contributed by atoms with Gasteiger partial charge in [-0.25, -0.2) is 4.98 Å². The molecule has 0 spiro atoms. The topological polar surface area (TPSA) is 74.8 Å². The van der Waals surface area contributed by atoms with Gasteiger partial charge in [-0.2, -0.15) is 0 Å². The van der Waals surface area contributed by atoms with Crippen LogP contribution in [0.3, 0.4) is 0 Å². The first-order chi connectivity index (χ1) is 13.2. The number of amides is 1. The van der Waals surface area contributed by atoms with Gasteiger partial charge >= 0.3 is 0 Å². The summed E-state index contributed by atoms with van der Waals surface area (Å²) in [6.07, 6.45) is 0.694. The van der Waals surface area contributed by atoms with Gasteiger partial charge in [0.05, 0.1) is 5.39 Å². The Morgan fingerprint density at radius 2 is 1.93 bits per heavy atom. The summed E-state index contributed by atoms with van der Waals surface area (Å²) >= 11 is 4.96. The van der Waals surface area contributed by atoms with Gasteiger partial charge in [0.25, 0.3) is 5.56 Å². The summed E-state index contributed by atoms with van der Waals surface area (Å²) < 4.78 is 1.03. The number of carbonyl (C=O) groups is 1. The van der Waals surface area contributed by atoms with Gasteiger partial charge in [0.15, 0.2) is 0 Å². The van der Waals surface area contributed by atoms with Crippen molar-refractivity contribution in [1.82, 2.24) is 15.3 Å². The molecule has 2 aromatic heterocycles. The smallest absolute Gasteiger partial charge is 0.259 e. The van der Waals surface area contributed by atoms with Crippen molar-refractivity contribution in [3.63, 3.8) is 0 Å². The molecule has 0 atom stereocenters. The van der Waals surface area contributed by atoms with Gasteiger partial charge in [-0.15, -0.1) is 11.3 Å². The third-order valence-corrected chi connectivity index (χ3v) is 6.66. The van der Waals surface area contributed by atoms with Crippen LogP contribution in [0.1, 0.15) is 42.1 Å². The van der Waals surface area contributed by atoms with Crippen LogP contribution >= 0.6 is 27.3 Å². The van der Waals surface area contributed by atoms with E-state index in [1.54, 1.807) is 0 Å². The lowest BCUT2D eigenvalue weighted by Crippen LogP contribution is -2.36. The second kappa shape index (κ2) is 8.17. The van der Waals surface area contributed by atoms with Crippen LogP contribution in [-0.4, -0.2) is 22.4 Å². The summed E-state index contributed by atoms with van der Waals surface area (Å²) in [5, 5.41) is 3.66. The quantitative estimate of drug-likeness (QED) is 0.571. The molecule has 0 saturated carbocycles.